The zero-order valence-electron chi connectivity index (χ0n) is 15.1. The lowest BCUT2D eigenvalue weighted by Gasteiger charge is -2.26. The third kappa shape index (κ3) is 3.87. The standard InChI is InChI=1S/C20H16F3N3O2S/c21-20(22,23)14-2-1-3-15(11-14)26-12-24-17-10-13(4-5-16(17)19(26)28)18(27)25-6-8-29-9-7-25/h1-5,10-12H,6-9H2. The van der Waals surface area contributed by atoms with E-state index in [9.17, 15) is 22.8 Å². The van der Waals surface area contributed by atoms with Crippen molar-refractivity contribution >= 4 is 28.6 Å². The molecule has 1 saturated heterocycles. The molecule has 4 rings (SSSR count). The fourth-order valence-corrected chi connectivity index (χ4v) is 4.12. The zero-order chi connectivity index (χ0) is 20.6. The Morgan fingerprint density at radius 3 is 2.55 bits per heavy atom. The van der Waals surface area contributed by atoms with E-state index in [1.54, 1.807) is 28.8 Å². The summed E-state index contributed by atoms with van der Waals surface area (Å²) >= 11 is 1.80. The predicted octanol–water partition coefficient (Wildman–Crippen LogP) is 3.59. The molecule has 0 unspecified atom stereocenters. The summed E-state index contributed by atoms with van der Waals surface area (Å²) in [6, 6.07) is 9.12. The van der Waals surface area contributed by atoms with E-state index in [1.165, 1.54) is 24.5 Å². The summed E-state index contributed by atoms with van der Waals surface area (Å²) in [7, 11) is 0. The molecule has 9 heteroatoms. The molecule has 1 aromatic heterocycles. The predicted molar refractivity (Wildman–Crippen MR) is 106 cm³/mol. The Hall–Kier alpha value is -2.81. The molecule has 0 atom stereocenters. The van der Waals surface area contributed by atoms with Crippen LogP contribution in [0.2, 0.25) is 0 Å². The van der Waals surface area contributed by atoms with E-state index in [2.05, 4.69) is 4.98 Å². The molecule has 0 spiro atoms. The first-order valence-electron chi connectivity index (χ1n) is 8.91. The highest BCUT2D eigenvalue weighted by molar-refractivity contribution is 7.99. The highest BCUT2D eigenvalue weighted by Crippen LogP contribution is 2.30. The molecule has 1 fully saturated rings. The number of amides is 1. The largest absolute Gasteiger partial charge is 0.416 e. The Balaban J connectivity index is 1.72. The van der Waals surface area contributed by atoms with Crippen molar-refractivity contribution in [3.63, 3.8) is 0 Å². The monoisotopic (exact) mass is 419 g/mol. The summed E-state index contributed by atoms with van der Waals surface area (Å²) < 4.78 is 40.0. The van der Waals surface area contributed by atoms with Crippen molar-refractivity contribution in [1.82, 2.24) is 14.5 Å². The molecule has 0 radical (unpaired) electrons. The van der Waals surface area contributed by atoms with E-state index < -0.39 is 17.3 Å². The van der Waals surface area contributed by atoms with Crippen LogP contribution < -0.4 is 5.56 Å². The van der Waals surface area contributed by atoms with Crippen LogP contribution in [0.1, 0.15) is 15.9 Å². The second-order valence-corrected chi connectivity index (χ2v) is 7.83. The second kappa shape index (κ2) is 7.55. The van der Waals surface area contributed by atoms with E-state index in [0.717, 1.165) is 28.2 Å². The maximum absolute atomic E-state index is 13.0. The molecule has 3 aromatic rings. The number of benzene rings is 2. The maximum atomic E-state index is 13.0. The number of rotatable bonds is 2. The van der Waals surface area contributed by atoms with Crippen molar-refractivity contribution in [2.45, 2.75) is 6.18 Å². The van der Waals surface area contributed by atoms with Gasteiger partial charge in [0.15, 0.2) is 0 Å². The van der Waals surface area contributed by atoms with Gasteiger partial charge in [-0.3, -0.25) is 14.2 Å². The van der Waals surface area contributed by atoms with Gasteiger partial charge in [0.1, 0.15) is 6.33 Å². The van der Waals surface area contributed by atoms with Gasteiger partial charge >= 0.3 is 6.18 Å². The van der Waals surface area contributed by atoms with Crippen LogP contribution in [-0.2, 0) is 6.18 Å². The number of hydrogen-bond donors (Lipinski definition) is 0. The Morgan fingerprint density at radius 1 is 1.07 bits per heavy atom. The highest BCUT2D eigenvalue weighted by atomic mass is 32.2. The quantitative estimate of drug-likeness (QED) is 0.637. The summed E-state index contributed by atoms with van der Waals surface area (Å²) in [4.78, 5) is 31.4. The second-order valence-electron chi connectivity index (χ2n) is 6.60. The molecule has 0 bridgehead atoms. The van der Waals surface area contributed by atoms with Gasteiger partial charge in [0.25, 0.3) is 11.5 Å². The molecule has 0 saturated carbocycles. The van der Waals surface area contributed by atoms with Gasteiger partial charge in [0.2, 0.25) is 0 Å². The number of carbonyl (C=O) groups excluding carboxylic acids is 1. The van der Waals surface area contributed by atoms with Crippen molar-refractivity contribution in [2.24, 2.45) is 0 Å². The Bertz CT molecular complexity index is 1140. The number of alkyl halides is 3. The number of carbonyl (C=O) groups is 1. The number of aromatic nitrogens is 2. The minimum Gasteiger partial charge on any atom is -0.337 e. The molecular formula is C20H16F3N3O2S. The maximum Gasteiger partial charge on any atom is 0.416 e. The van der Waals surface area contributed by atoms with Gasteiger partial charge in [-0.15, -0.1) is 0 Å². The van der Waals surface area contributed by atoms with Gasteiger partial charge < -0.3 is 4.90 Å². The van der Waals surface area contributed by atoms with Crippen molar-refractivity contribution in [2.75, 3.05) is 24.6 Å². The summed E-state index contributed by atoms with van der Waals surface area (Å²) in [5.74, 6) is 1.66. The first-order valence-corrected chi connectivity index (χ1v) is 10.1. The van der Waals surface area contributed by atoms with E-state index in [0.29, 0.717) is 24.2 Å². The highest BCUT2D eigenvalue weighted by Gasteiger charge is 2.30. The third-order valence-electron chi connectivity index (χ3n) is 4.76. The molecular weight excluding hydrogens is 403 g/mol. The molecule has 5 nitrogen and oxygen atoms in total. The number of halogens is 3. The first kappa shape index (κ1) is 19.5. The number of fused-ring (bicyclic) bond motifs is 1. The van der Waals surface area contributed by atoms with E-state index >= 15 is 0 Å². The normalized spacial score (nSPS) is 14.9. The first-order chi connectivity index (χ1) is 13.8. The number of nitrogens with zero attached hydrogens (tertiary/aromatic N) is 3. The molecule has 0 N–H and O–H groups in total. The lowest BCUT2D eigenvalue weighted by Crippen LogP contribution is -2.37. The fraction of sp³-hybridized carbons (Fsp3) is 0.250. The summed E-state index contributed by atoms with van der Waals surface area (Å²) in [6.45, 7) is 1.35. The van der Waals surface area contributed by atoms with Crippen LogP contribution in [0, 0.1) is 0 Å². The fourth-order valence-electron chi connectivity index (χ4n) is 3.22. The average Bonchev–Trinajstić information content (AvgIpc) is 2.73. The van der Waals surface area contributed by atoms with Gasteiger partial charge in [-0.25, -0.2) is 4.98 Å². The summed E-state index contributed by atoms with van der Waals surface area (Å²) in [5.41, 5.74) is -0.501. The van der Waals surface area contributed by atoms with Crippen LogP contribution in [0.15, 0.2) is 53.6 Å². The molecule has 2 heterocycles. The van der Waals surface area contributed by atoms with Crippen LogP contribution in [0.3, 0.4) is 0 Å². The lowest BCUT2D eigenvalue weighted by atomic mass is 10.1. The molecule has 1 amide bonds. The van der Waals surface area contributed by atoms with Gasteiger partial charge in [0, 0.05) is 30.2 Å². The van der Waals surface area contributed by atoms with E-state index in [-0.39, 0.29) is 17.0 Å². The number of thioether (sulfide) groups is 1. The van der Waals surface area contributed by atoms with E-state index in [1.807, 2.05) is 0 Å². The van der Waals surface area contributed by atoms with Gasteiger partial charge in [-0.1, -0.05) is 6.07 Å². The minimum atomic E-state index is -4.51. The summed E-state index contributed by atoms with van der Waals surface area (Å²) in [6.07, 6.45) is -3.32. The van der Waals surface area contributed by atoms with Crippen LogP contribution in [0.25, 0.3) is 16.6 Å². The van der Waals surface area contributed by atoms with E-state index in [4.69, 9.17) is 0 Å². The van der Waals surface area contributed by atoms with Crippen molar-refractivity contribution in [1.29, 1.82) is 0 Å². The van der Waals surface area contributed by atoms with Crippen molar-refractivity contribution < 1.29 is 18.0 Å². The molecule has 29 heavy (non-hydrogen) atoms. The molecule has 150 valence electrons. The smallest absolute Gasteiger partial charge is 0.337 e. The van der Waals surface area contributed by atoms with Crippen molar-refractivity contribution in [3.05, 3.63) is 70.3 Å². The topological polar surface area (TPSA) is 55.2 Å². The Kier molecular flexibility index (Phi) is 5.08. The van der Waals surface area contributed by atoms with Crippen LogP contribution in [0.5, 0.6) is 0 Å². The number of hydrogen-bond acceptors (Lipinski definition) is 4. The van der Waals surface area contributed by atoms with Crippen LogP contribution in [0.4, 0.5) is 13.2 Å². The average molecular weight is 419 g/mol. The summed E-state index contributed by atoms with van der Waals surface area (Å²) in [5, 5.41) is 0.232. The lowest BCUT2D eigenvalue weighted by molar-refractivity contribution is -0.137. The molecule has 1 aliphatic heterocycles. The van der Waals surface area contributed by atoms with Crippen molar-refractivity contribution in [3.8, 4) is 5.69 Å². The zero-order valence-corrected chi connectivity index (χ0v) is 16.0. The van der Waals surface area contributed by atoms with Gasteiger partial charge in [-0.2, -0.15) is 24.9 Å². The van der Waals surface area contributed by atoms with Crippen LogP contribution in [-0.4, -0.2) is 45.0 Å². The van der Waals surface area contributed by atoms with Crippen LogP contribution >= 0.6 is 11.8 Å². The Morgan fingerprint density at radius 2 is 1.83 bits per heavy atom. The Labute approximate surface area is 168 Å². The SMILES string of the molecule is O=C(c1ccc2c(=O)n(-c3cccc(C(F)(F)F)c3)cnc2c1)N1CCSCC1. The molecule has 1 aliphatic rings. The third-order valence-corrected chi connectivity index (χ3v) is 5.70. The molecule has 0 aliphatic carbocycles. The van der Waals surface area contributed by atoms with Gasteiger partial charge in [-0.05, 0) is 36.4 Å². The minimum absolute atomic E-state index is 0.0743. The molecule has 2 aromatic carbocycles. The van der Waals surface area contributed by atoms with Gasteiger partial charge in [0.05, 0.1) is 22.2 Å².